The van der Waals surface area contributed by atoms with Crippen LogP contribution in [0.25, 0.3) is 0 Å². The quantitative estimate of drug-likeness (QED) is 0.868. The third kappa shape index (κ3) is 3.31. The molecule has 110 valence electrons. The van der Waals surface area contributed by atoms with E-state index in [9.17, 15) is 9.90 Å². The SMILES string of the molecule is COc1ccccc1C(C)N(CC(=O)O)C1CCCC1. The molecule has 1 unspecified atom stereocenters. The minimum absolute atomic E-state index is 0.0466. The summed E-state index contributed by atoms with van der Waals surface area (Å²) in [5.41, 5.74) is 1.06. The number of methoxy groups -OCH3 is 1. The van der Waals surface area contributed by atoms with Gasteiger partial charge in [0.1, 0.15) is 5.75 Å². The van der Waals surface area contributed by atoms with Gasteiger partial charge < -0.3 is 9.84 Å². The summed E-state index contributed by atoms with van der Waals surface area (Å²) >= 11 is 0. The topological polar surface area (TPSA) is 49.8 Å². The molecule has 4 heteroatoms. The molecule has 0 spiro atoms. The van der Waals surface area contributed by atoms with Crippen LogP contribution in [-0.4, -0.2) is 35.7 Å². The lowest BCUT2D eigenvalue weighted by atomic mass is 10.0. The molecule has 1 atom stereocenters. The summed E-state index contributed by atoms with van der Waals surface area (Å²) in [6.45, 7) is 2.16. The molecular formula is C16H23NO3. The number of aliphatic carboxylic acids is 1. The van der Waals surface area contributed by atoms with Gasteiger partial charge in [-0.1, -0.05) is 31.0 Å². The predicted molar refractivity (Wildman–Crippen MR) is 78.0 cm³/mol. The average Bonchev–Trinajstić information content (AvgIpc) is 2.97. The number of hydrogen-bond acceptors (Lipinski definition) is 3. The Morgan fingerprint density at radius 3 is 2.65 bits per heavy atom. The molecule has 1 aromatic carbocycles. The van der Waals surface area contributed by atoms with Crippen LogP contribution in [0.5, 0.6) is 5.75 Å². The second-order valence-corrected chi connectivity index (χ2v) is 5.42. The van der Waals surface area contributed by atoms with Gasteiger partial charge in [-0.15, -0.1) is 0 Å². The zero-order valence-electron chi connectivity index (χ0n) is 12.2. The molecule has 0 heterocycles. The second kappa shape index (κ2) is 6.75. The molecule has 1 aliphatic rings. The third-order valence-electron chi connectivity index (χ3n) is 4.20. The summed E-state index contributed by atoms with van der Waals surface area (Å²) in [5.74, 6) is 0.0621. The van der Waals surface area contributed by atoms with Crippen molar-refractivity contribution in [3.05, 3.63) is 29.8 Å². The van der Waals surface area contributed by atoms with Crippen LogP contribution in [0.15, 0.2) is 24.3 Å². The van der Waals surface area contributed by atoms with Gasteiger partial charge in [-0.05, 0) is 25.8 Å². The van der Waals surface area contributed by atoms with Crippen molar-refractivity contribution in [2.75, 3.05) is 13.7 Å². The van der Waals surface area contributed by atoms with Gasteiger partial charge in [0.05, 0.1) is 13.7 Å². The van der Waals surface area contributed by atoms with E-state index in [0.717, 1.165) is 24.2 Å². The standard InChI is InChI=1S/C16H23NO3/c1-12(14-9-5-6-10-15(14)20-2)17(11-16(18)19)13-7-3-4-8-13/h5-6,9-10,12-13H,3-4,7-8,11H2,1-2H3,(H,18,19). The molecule has 20 heavy (non-hydrogen) atoms. The summed E-state index contributed by atoms with van der Waals surface area (Å²) in [6.07, 6.45) is 4.57. The normalized spacial score (nSPS) is 17.4. The van der Waals surface area contributed by atoms with E-state index in [1.165, 1.54) is 12.8 Å². The van der Waals surface area contributed by atoms with E-state index in [2.05, 4.69) is 11.8 Å². The Kier molecular flexibility index (Phi) is 5.01. The summed E-state index contributed by atoms with van der Waals surface area (Å²) in [5, 5.41) is 9.19. The molecule has 1 N–H and O–H groups in total. The Hall–Kier alpha value is -1.55. The highest BCUT2D eigenvalue weighted by molar-refractivity contribution is 5.69. The Balaban J connectivity index is 2.24. The number of nitrogens with zero attached hydrogens (tertiary/aromatic N) is 1. The Bertz CT molecular complexity index is 455. The van der Waals surface area contributed by atoms with Crippen molar-refractivity contribution in [2.45, 2.75) is 44.7 Å². The predicted octanol–water partition coefficient (Wildman–Crippen LogP) is 3.09. The Labute approximate surface area is 120 Å². The first-order valence-electron chi connectivity index (χ1n) is 7.24. The second-order valence-electron chi connectivity index (χ2n) is 5.42. The van der Waals surface area contributed by atoms with E-state index in [0.29, 0.717) is 6.04 Å². The molecule has 0 saturated heterocycles. The summed E-state index contributed by atoms with van der Waals surface area (Å²) in [7, 11) is 1.66. The van der Waals surface area contributed by atoms with Crippen molar-refractivity contribution in [1.82, 2.24) is 4.90 Å². The molecule has 0 radical (unpaired) electrons. The fraction of sp³-hybridized carbons (Fsp3) is 0.562. The Morgan fingerprint density at radius 1 is 1.40 bits per heavy atom. The molecule has 0 aromatic heterocycles. The van der Waals surface area contributed by atoms with Crippen LogP contribution < -0.4 is 4.74 Å². The lowest BCUT2D eigenvalue weighted by molar-refractivity contribution is -0.139. The zero-order valence-corrected chi connectivity index (χ0v) is 12.2. The number of rotatable bonds is 6. The molecular weight excluding hydrogens is 254 g/mol. The van der Waals surface area contributed by atoms with Gasteiger partial charge >= 0.3 is 5.97 Å². The first kappa shape index (κ1) is 14.9. The summed E-state index contributed by atoms with van der Waals surface area (Å²) < 4.78 is 5.41. The zero-order chi connectivity index (χ0) is 14.5. The highest BCUT2D eigenvalue weighted by Gasteiger charge is 2.29. The van der Waals surface area contributed by atoms with Crippen molar-refractivity contribution in [3.8, 4) is 5.75 Å². The van der Waals surface area contributed by atoms with E-state index < -0.39 is 5.97 Å². The van der Waals surface area contributed by atoms with Crippen molar-refractivity contribution < 1.29 is 14.6 Å². The van der Waals surface area contributed by atoms with E-state index in [1.54, 1.807) is 7.11 Å². The van der Waals surface area contributed by atoms with Crippen molar-refractivity contribution >= 4 is 5.97 Å². The maximum Gasteiger partial charge on any atom is 0.317 e. The lowest BCUT2D eigenvalue weighted by Gasteiger charge is -2.34. The molecule has 1 fully saturated rings. The van der Waals surface area contributed by atoms with Crippen LogP contribution in [-0.2, 0) is 4.79 Å². The number of carboxylic acid groups (broad SMARTS) is 1. The first-order chi connectivity index (χ1) is 9.63. The molecule has 2 rings (SSSR count). The van der Waals surface area contributed by atoms with Gasteiger partial charge in [-0.2, -0.15) is 0 Å². The minimum atomic E-state index is -0.765. The van der Waals surface area contributed by atoms with Crippen LogP contribution >= 0.6 is 0 Å². The van der Waals surface area contributed by atoms with Gasteiger partial charge in [-0.25, -0.2) is 0 Å². The van der Waals surface area contributed by atoms with E-state index in [-0.39, 0.29) is 12.6 Å². The Morgan fingerprint density at radius 2 is 2.05 bits per heavy atom. The number of ether oxygens (including phenoxy) is 1. The van der Waals surface area contributed by atoms with Crippen molar-refractivity contribution in [2.24, 2.45) is 0 Å². The highest BCUT2D eigenvalue weighted by atomic mass is 16.5. The van der Waals surface area contributed by atoms with Crippen molar-refractivity contribution in [1.29, 1.82) is 0 Å². The highest BCUT2D eigenvalue weighted by Crippen LogP contribution is 2.34. The largest absolute Gasteiger partial charge is 0.496 e. The fourth-order valence-electron chi connectivity index (χ4n) is 3.16. The molecule has 1 aromatic rings. The maximum absolute atomic E-state index is 11.2. The summed E-state index contributed by atoms with van der Waals surface area (Å²) in [4.78, 5) is 13.3. The number of para-hydroxylation sites is 1. The molecule has 1 aliphatic carbocycles. The summed E-state index contributed by atoms with van der Waals surface area (Å²) in [6, 6.07) is 8.28. The van der Waals surface area contributed by atoms with Crippen LogP contribution in [0, 0.1) is 0 Å². The van der Waals surface area contributed by atoms with E-state index >= 15 is 0 Å². The van der Waals surface area contributed by atoms with Crippen LogP contribution in [0.2, 0.25) is 0 Å². The molecule has 0 amide bonds. The maximum atomic E-state index is 11.2. The average molecular weight is 277 g/mol. The number of benzene rings is 1. The van der Waals surface area contributed by atoms with Crippen molar-refractivity contribution in [3.63, 3.8) is 0 Å². The number of carbonyl (C=O) groups is 1. The van der Waals surface area contributed by atoms with Gasteiger partial charge in [0.25, 0.3) is 0 Å². The number of carboxylic acids is 1. The fourth-order valence-corrected chi connectivity index (χ4v) is 3.16. The lowest BCUT2D eigenvalue weighted by Crippen LogP contribution is -2.39. The smallest absolute Gasteiger partial charge is 0.317 e. The molecule has 0 bridgehead atoms. The van der Waals surface area contributed by atoms with Gasteiger partial charge in [-0.3, -0.25) is 9.69 Å². The van der Waals surface area contributed by atoms with Gasteiger partial charge in [0.2, 0.25) is 0 Å². The third-order valence-corrected chi connectivity index (χ3v) is 4.20. The van der Waals surface area contributed by atoms with E-state index in [1.807, 2.05) is 24.3 Å². The van der Waals surface area contributed by atoms with Crippen LogP contribution in [0.4, 0.5) is 0 Å². The van der Waals surface area contributed by atoms with Gasteiger partial charge in [0, 0.05) is 17.6 Å². The monoisotopic (exact) mass is 277 g/mol. The molecule has 1 saturated carbocycles. The van der Waals surface area contributed by atoms with Gasteiger partial charge in [0.15, 0.2) is 0 Å². The number of hydrogen-bond donors (Lipinski definition) is 1. The minimum Gasteiger partial charge on any atom is -0.496 e. The molecule has 0 aliphatic heterocycles. The first-order valence-corrected chi connectivity index (χ1v) is 7.24. The molecule has 4 nitrogen and oxygen atoms in total. The van der Waals surface area contributed by atoms with Crippen LogP contribution in [0.1, 0.15) is 44.2 Å². The van der Waals surface area contributed by atoms with E-state index in [4.69, 9.17) is 4.74 Å². The van der Waals surface area contributed by atoms with Crippen LogP contribution in [0.3, 0.4) is 0 Å².